The van der Waals surface area contributed by atoms with Crippen molar-refractivity contribution in [3.05, 3.63) is 75.3 Å². The Morgan fingerprint density at radius 2 is 1.67 bits per heavy atom. The van der Waals surface area contributed by atoms with Crippen molar-refractivity contribution in [2.24, 2.45) is 5.10 Å². The number of hydrogen-bond donors (Lipinski definition) is 1. The van der Waals surface area contributed by atoms with E-state index < -0.39 is 4.92 Å². The molecule has 0 unspecified atom stereocenters. The van der Waals surface area contributed by atoms with Crippen molar-refractivity contribution in [3.63, 3.8) is 0 Å². The zero-order valence-electron chi connectivity index (χ0n) is 13.8. The van der Waals surface area contributed by atoms with Crippen molar-refractivity contribution in [1.82, 2.24) is 5.43 Å². The van der Waals surface area contributed by atoms with Crippen molar-refractivity contribution in [2.45, 2.75) is 26.2 Å². The first-order chi connectivity index (χ1) is 11.3. The Kier molecular flexibility index (Phi) is 5.08. The summed E-state index contributed by atoms with van der Waals surface area (Å²) in [4.78, 5) is 22.1. The van der Waals surface area contributed by atoms with Gasteiger partial charge in [0, 0.05) is 17.7 Å². The van der Waals surface area contributed by atoms with Crippen LogP contribution in [0.15, 0.2) is 53.6 Å². The predicted molar refractivity (Wildman–Crippen MR) is 93.3 cm³/mol. The maximum absolute atomic E-state index is 12.0. The minimum atomic E-state index is -0.468. The summed E-state index contributed by atoms with van der Waals surface area (Å²) in [5.74, 6) is -0.311. The molecule has 0 heterocycles. The third-order valence-corrected chi connectivity index (χ3v) is 3.50. The average Bonchev–Trinajstić information content (AvgIpc) is 2.54. The maximum atomic E-state index is 12.0. The molecule has 2 aromatic carbocycles. The van der Waals surface area contributed by atoms with Crippen LogP contribution in [0, 0.1) is 10.1 Å². The molecule has 2 rings (SSSR count). The van der Waals surface area contributed by atoms with Crippen LogP contribution in [0.25, 0.3) is 0 Å². The van der Waals surface area contributed by atoms with Crippen LogP contribution in [0.1, 0.15) is 42.3 Å². The van der Waals surface area contributed by atoms with Gasteiger partial charge in [-0.15, -0.1) is 0 Å². The fourth-order valence-electron chi connectivity index (χ4n) is 2.03. The van der Waals surface area contributed by atoms with Gasteiger partial charge in [0.15, 0.2) is 0 Å². The molecule has 0 radical (unpaired) electrons. The highest BCUT2D eigenvalue weighted by Gasteiger charge is 2.14. The molecule has 0 aromatic heterocycles. The summed E-state index contributed by atoms with van der Waals surface area (Å²) in [6.07, 6.45) is 1.44. The molecule has 0 saturated carbocycles. The Morgan fingerprint density at radius 1 is 1.08 bits per heavy atom. The van der Waals surface area contributed by atoms with Crippen LogP contribution < -0.4 is 5.43 Å². The van der Waals surface area contributed by atoms with Gasteiger partial charge in [-0.25, -0.2) is 5.43 Å². The van der Waals surface area contributed by atoms with E-state index in [0.717, 1.165) is 5.56 Å². The van der Waals surface area contributed by atoms with E-state index in [2.05, 4.69) is 31.3 Å². The first-order valence-electron chi connectivity index (χ1n) is 7.46. The van der Waals surface area contributed by atoms with Gasteiger partial charge in [-0.2, -0.15) is 5.10 Å². The van der Waals surface area contributed by atoms with Gasteiger partial charge in [0.25, 0.3) is 11.6 Å². The molecule has 0 aliphatic rings. The topological polar surface area (TPSA) is 84.6 Å². The van der Waals surface area contributed by atoms with Gasteiger partial charge in [0.1, 0.15) is 0 Å². The highest BCUT2D eigenvalue weighted by molar-refractivity contribution is 5.94. The van der Waals surface area contributed by atoms with Crippen LogP contribution in [-0.2, 0) is 5.41 Å². The van der Waals surface area contributed by atoms with Crippen LogP contribution >= 0.6 is 0 Å². The summed E-state index contributed by atoms with van der Waals surface area (Å²) in [7, 11) is 0. The Morgan fingerprint density at radius 3 is 2.17 bits per heavy atom. The molecule has 0 atom stereocenters. The number of benzene rings is 2. The monoisotopic (exact) mass is 325 g/mol. The lowest BCUT2D eigenvalue weighted by Crippen LogP contribution is -2.18. The maximum Gasteiger partial charge on any atom is 0.271 e. The molecule has 0 aliphatic heterocycles. The van der Waals surface area contributed by atoms with E-state index >= 15 is 0 Å². The van der Waals surface area contributed by atoms with Gasteiger partial charge in [-0.05, 0) is 40.8 Å². The number of rotatable bonds is 4. The van der Waals surface area contributed by atoms with Crippen LogP contribution in [0.3, 0.4) is 0 Å². The van der Waals surface area contributed by atoms with Gasteiger partial charge in [-0.1, -0.05) is 32.9 Å². The van der Waals surface area contributed by atoms with Crippen molar-refractivity contribution < 1.29 is 9.72 Å². The smallest absolute Gasteiger partial charge is 0.267 e. The summed E-state index contributed by atoms with van der Waals surface area (Å²) in [5, 5.41) is 14.4. The Labute approximate surface area is 140 Å². The lowest BCUT2D eigenvalue weighted by Gasteiger charge is -2.18. The first kappa shape index (κ1) is 17.3. The van der Waals surface area contributed by atoms with E-state index in [0.29, 0.717) is 11.1 Å². The molecule has 24 heavy (non-hydrogen) atoms. The second-order valence-electron chi connectivity index (χ2n) is 6.38. The van der Waals surface area contributed by atoms with Crippen LogP contribution in [0.5, 0.6) is 0 Å². The number of nitro groups is 1. The molecule has 0 saturated heterocycles. The second kappa shape index (κ2) is 7.04. The van der Waals surface area contributed by atoms with E-state index in [4.69, 9.17) is 0 Å². The quantitative estimate of drug-likeness (QED) is 0.529. The largest absolute Gasteiger partial charge is 0.271 e. The van der Waals surface area contributed by atoms with E-state index in [9.17, 15) is 14.9 Å². The zero-order chi connectivity index (χ0) is 17.7. The Hall–Kier alpha value is -3.02. The van der Waals surface area contributed by atoms with Gasteiger partial charge >= 0.3 is 0 Å². The number of hydrazone groups is 1. The average molecular weight is 325 g/mol. The van der Waals surface area contributed by atoms with E-state index in [-0.39, 0.29) is 17.0 Å². The Bertz CT molecular complexity index is 758. The molecular weight excluding hydrogens is 306 g/mol. The molecule has 6 heteroatoms. The Balaban J connectivity index is 1.98. The number of carbonyl (C=O) groups excluding carboxylic acids is 1. The molecule has 0 bridgehead atoms. The molecular formula is C18H19N3O3. The fraction of sp³-hybridized carbons (Fsp3) is 0.222. The molecule has 1 amide bonds. The summed E-state index contributed by atoms with van der Waals surface area (Å²) in [6, 6.07) is 13.3. The van der Waals surface area contributed by atoms with Gasteiger partial charge in [0.2, 0.25) is 0 Å². The molecule has 0 aliphatic carbocycles. The molecule has 0 spiro atoms. The standard InChI is InChI=1S/C18H19N3O3/c1-18(2,3)15-8-6-14(7-9-15)17(22)20-19-12-13-4-10-16(11-5-13)21(23)24/h4-12H,1-3H3,(H,20,22)/b19-12+. The van der Waals surface area contributed by atoms with Gasteiger partial charge < -0.3 is 0 Å². The second-order valence-corrected chi connectivity index (χ2v) is 6.38. The summed E-state index contributed by atoms with van der Waals surface area (Å²) in [5.41, 5.74) is 4.80. The zero-order valence-corrected chi connectivity index (χ0v) is 13.8. The highest BCUT2D eigenvalue weighted by Crippen LogP contribution is 2.22. The lowest BCUT2D eigenvalue weighted by molar-refractivity contribution is -0.384. The van der Waals surface area contributed by atoms with Crippen molar-refractivity contribution in [3.8, 4) is 0 Å². The molecule has 6 nitrogen and oxygen atoms in total. The number of nitro benzene ring substituents is 1. The third kappa shape index (κ3) is 4.49. The van der Waals surface area contributed by atoms with Crippen LogP contribution in [-0.4, -0.2) is 17.0 Å². The normalized spacial score (nSPS) is 11.5. The summed E-state index contributed by atoms with van der Waals surface area (Å²) in [6.45, 7) is 6.32. The fourth-order valence-corrected chi connectivity index (χ4v) is 2.03. The van der Waals surface area contributed by atoms with E-state index in [1.807, 2.05) is 12.1 Å². The lowest BCUT2D eigenvalue weighted by atomic mass is 9.87. The number of non-ortho nitro benzene ring substituents is 1. The van der Waals surface area contributed by atoms with Crippen molar-refractivity contribution >= 4 is 17.8 Å². The summed E-state index contributed by atoms with van der Waals surface area (Å²) >= 11 is 0. The predicted octanol–water partition coefficient (Wildman–Crippen LogP) is 3.66. The first-order valence-corrected chi connectivity index (χ1v) is 7.46. The van der Waals surface area contributed by atoms with Crippen molar-refractivity contribution in [2.75, 3.05) is 0 Å². The number of carbonyl (C=O) groups is 1. The minimum Gasteiger partial charge on any atom is -0.267 e. The molecule has 124 valence electrons. The number of nitrogens with zero attached hydrogens (tertiary/aromatic N) is 2. The number of hydrogen-bond acceptors (Lipinski definition) is 4. The van der Waals surface area contributed by atoms with E-state index in [1.54, 1.807) is 24.3 Å². The minimum absolute atomic E-state index is 0.00937. The molecule has 1 N–H and O–H groups in total. The van der Waals surface area contributed by atoms with Crippen LogP contribution in [0.4, 0.5) is 5.69 Å². The van der Waals surface area contributed by atoms with E-state index in [1.165, 1.54) is 18.3 Å². The molecule has 0 fully saturated rings. The number of nitrogens with one attached hydrogen (secondary N) is 1. The summed E-state index contributed by atoms with van der Waals surface area (Å²) < 4.78 is 0. The molecule has 2 aromatic rings. The van der Waals surface area contributed by atoms with Gasteiger partial charge in [-0.3, -0.25) is 14.9 Å². The SMILES string of the molecule is CC(C)(C)c1ccc(C(=O)N/N=C/c2ccc([N+](=O)[O-])cc2)cc1. The van der Waals surface area contributed by atoms with Crippen molar-refractivity contribution in [1.29, 1.82) is 0 Å². The highest BCUT2D eigenvalue weighted by atomic mass is 16.6. The van der Waals surface area contributed by atoms with Crippen LogP contribution in [0.2, 0.25) is 0 Å². The van der Waals surface area contributed by atoms with Gasteiger partial charge in [0.05, 0.1) is 11.1 Å². The number of amides is 1. The third-order valence-electron chi connectivity index (χ3n) is 3.50.